The number of hydrogen-bond acceptors (Lipinski definition) is 3. The van der Waals surface area contributed by atoms with Crippen LogP contribution in [0.2, 0.25) is 0 Å². The van der Waals surface area contributed by atoms with E-state index in [0.717, 1.165) is 19.3 Å². The number of rotatable bonds is 8. The summed E-state index contributed by atoms with van der Waals surface area (Å²) in [5.74, 6) is 0. The molecule has 20 heavy (non-hydrogen) atoms. The molecule has 0 saturated carbocycles. The summed E-state index contributed by atoms with van der Waals surface area (Å²) in [7, 11) is 1.65. The van der Waals surface area contributed by atoms with E-state index in [-0.39, 0.29) is 11.6 Å². The van der Waals surface area contributed by atoms with Crippen LogP contribution in [-0.4, -0.2) is 35.1 Å². The molecule has 0 aromatic carbocycles. The number of carbonyl (C=O) groups is 1. The zero-order valence-electron chi connectivity index (χ0n) is 12.9. The molecule has 0 fully saturated rings. The van der Waals surface area contributed by atoms with Gasteiger partial charge in [0, 0.05) is 18.8 Å². The standard InChI is InChI=1S/C14H26N4O2/c1-5-14(6-2,7-3)17-13(19)16-12-10-15-18(11-12)8-9-20-4/h10-11H,5-9H2,1-4H3,(H2,16,17,19). The predicted molar refractivity (Wildman–Crippen MR) is 79.9 cm³/mol. The Kier molecular flexibility index (Phi) is 6.51. The smallest absolute Gasteiger partial charge is 0.319 e. The molecule has 0 aliphatic heterocycles. The van der Waals surface area contributed by atoms with Crippen LogP contribution < -0.4 is 10.6 Å². The highest BCUT2D eigenvalue weighted by atomic mass is 16.5. The molecule has 0 saturated heterocycles. The molecule has 0 radical (unpaired) electrons. The van der Waals surface area contributed by atoms with Crippen molar-refractivity contribution in [2.75, 3.05) is 19.0 Å². The minimum atomic E-state index is -0.179. The van der Waals surface area contributed by atoms with Gasteiger partial charge in [0.2, 0.25) is 0 Å². The van der Waals surface area contributed by atoms with Crippen LogP contribution in [0.4, 0.5) is 10.5 Å². The van der Waals surface area contributed by atoms with Gasteiger partial charge in [-0.15, -0.1) is 0 Å². The fourth-order valence-electron chi connectivity index (χ4n) is 2.15. The lowest BCUT2D eigenvalue weighted by molar-refractivity contribution is 0.183. The highest BCUT2D eigenvalue weighted by Crippen LogP contribution is 2.19. The van der Waals surface area contributed by atoms with Gasteiger partial charge in [-0.2, -0.15) is 5.10 Å². The quantitative estimate of drug-likeness (QED) is 0.770. The fraction of sp³-hybridized carbons (Fsp3) is 0.714. The van der Waals surface area contributed by atoms with Crippen molar-refractivity contribution in [1.29, 1.82) is 0 Å². The average molecular weight is 282 g/mol. The van der Waals surface area contributed by atoms with Crippen LogP contribution in [-0.2, 0) is 11.3 Å². The van der Waals surface area contributed by atoms with Crippen molar-refractivity contribution < 1.29 is 9.53 Å². The van der Waals surface area contributed by atoms with Crippen molar-refractivity contribution in [2.45, 2.75) is 52.1 Å². The van der Waals surface area contributed by atoms with E-state index >= 15 is 0 Å². The summed E-state index contributed by atoms with van der Waals surface area (Å²) in [6.45, 7) is 7.54. The van der Waals surface area contributed by atoms with Gasteiger partial charge in [-0.25, -0.2) is 4.79 Å². The Morgan fingerprint density at radius 3 is 2.55 bits per heavy atom. The highest BCUT2D eigenvalue weighted by Gasteiger charge is 2.25. The predicted octanol–water partition coefficient (Wildman–Crippen LogP) is 2.62. The molecule has 6 heteroatoms. The number of amides is 2. The van der Waals surface area contributed by atoms with E-state index < -0.39 is 0 Å². The number of nitrogens with one attached hydrogen (secondary N) is 2. The summed E-state index contributed by atoms with van der Waals surface area (Å²) in [5, 5.41) is 10.0. The number of methoxy groups -OCH3 is 1. The van der Waals surface area contributed by atoms with Gasteiger partial charge >= 0.3 is 6.03 Å². The number of carbonyl (C=O) groups excluding carboxylic acids is 1. The molecule has 0 spiro atoms. The first-order valence-electron chi connectivity index (χ1n) is 7.19. The molecule has 2 N–H and O–H groups in total. The summed E-state index contributed by atoms with van der Waals surface area (Å²) in [6, 6.07) is -0.179. The molecule has 1 aromatic rings. The normalized spacial score (nSPS) is 11.4. The number of ether oxygens (including phenoxy) is 1. The van der Waals surface area contributed by atoms with Crippen molar-refractivity contribution in [1.82, 2.24) is 15.1 Å². The second-order valence-electron chi connectivity index (χ2n) is 4.90. The van der Waals surface area contributed by atoms with Crippen LogP contribution in [0.5, 0.6) is 0 Å². The monoisotopic (exact) mass is 282 g/mol. The third-order valence-electron chi connectivity index (χ3n) is 3.82. The van der Waals surface area contributed by atoms with E-state index in [2.05, 4.69) is 36.5 Å². The van der Waals surface area contributed by atoms with Crippen molar-refractivity contribution in [3.05, 3.63) is 12.4 Å². The molecular weight excluding hydrogens is 256 g/mol. The Morgan fingerprint density at radius 1 is 1.35 bits per heavy atom. The molecule has 1 heterocycles. The van der Waals surface area contributed by atoms with E-state index in [9.17, 15) is 4.79 Å². The lowest BCUT2D eigenvalue weighted by Gasteiger charge is -2.31. The van der Waals surface area contributed by atoms with Gasteiger partial charge in [0.25, 0.3) is 0 Å². The first-order valence-corrected chi connectivity index (χ1v) is 7.19. The van der Waals surface area contributed by atoms with Crippen molar-refractivity contribution in [3.63, 3.8) is 0 Å². The van der Waals surface area contributed by atoms with Gasteiger partial charge in [0.1, 0.15) is 0 Å². The zero-order chi connectivity index (χ0) is 15.0. The Hall–Kier alpha value is -1.56. The number of nitrogens with zero attached hydrogens (tertiary/aromatic N) is 2. The summed E-state index contributed by atoms with van der Waals surface area (Å²) in [5.41, 5.74) is 0.562. The number of anilines is 1. The van der Waals surface area contributed by atoms with Gasteiger partial charge in [-0.3, -0.25) is 4.68 Å². The number of hydrogen-bond donors (Lipinski definition) is 2. The van der Waals surface area contributed by atoms with E-state index in [4.69, 9.17) is 4.74 Å². The molecule has 0 bridgehead atoms. The van der Waals surface area contributed by atoms with Crippen LogP contribution in [0, 0.1) is 0 Å². The van der Waals surface area contributed by atoms with E-state index in [0.29, 0.717) is 18.8 Å². The number of aromatic nitrogens is 2. The van der Waals surface area contributed by atoms with Crippen LogP contribution >= 0.6 is 0 Å². The molecule has 0 unspecified atom stereocenters. The lowest BCUT2D eigenvalue weighted by atomic mass is 9.90. The van der Waals surface area contributed by atoms with Gasteiger partial charge in [0.05, 0.1) is 25.0 Å². The molecular formula is C14H26N4O2. The summed E-state index contributed by atoms with van der Waals surface area (Å²) in [4.78, 5) is 12.0. The molecule has 0 atom stereocenters. The second-order valence-corrected chi connectivity index (χ2v) is 4.90. The Morgan fingerprint density at radius 2 is 2.00 bits per heavy atom. The molecule has 2 amide bonds. The second kappa shape index (κ2) is 7.89. The SMILES string of the molecule is CCC(CC)(CC)NC(=O)Nc1cnn(CCOC)c1. The van der Waals surface area contributed by atoms with Gasteiger partial charge in [0.15, 0.2) is 0 Å². The van der Waals surface area contributed by atoms with Crippen LogP contribution in [0.25, 0.3) is 0 Å². The van der Waals surface area contributed by atoms with E-state index in [1.807, 2.05) is 0 Å². The Labute approximate surface area is 120 Å². The Bertz CT molecular complexity index is 405. The molecule has 6 nitrogen and oxygen atoms in total. The first kappa shape index (κ1) is 16.5. The largest absolute Gasteiger partial charge is 0.383 e. The topological polar surface area (TPSA) is 68.2 Å². The van der Waals surface area contributed by atoms with Crippen molar-refractivity contribution >= 4 is 11.7 Å². The van der Waals surface area contributed by atoms with Crippen molar-refractivity contribution in [3.8, 4) is 0 Å². The maximum Gasteiger partial charge on any atom is 0.319 e. The summed E-state index contributed by atoms with van der Waals surface area (Å²) in [6.07, 6.45) is 6.19. The minimum absolute atomic E-state index is 0.129. The molecule has 1 rings (SSSR count). The third kappa shape index (κ3) is 4.52. The maximum absolute atomic E-state index is 12.0. The molecule has 0 aliphatic carbocycles. The van der Waals surface area contributed by atoms with E-state index in [1.165, 1.54) is 0 Å². The van der Waals surface area contributed by atoms with E-state index in [1.54, 1.807) is 24.2 Å². The molecule has 114 valence electrons. The summed E-state index contributed by atoms with van der Waals surface area (Å²) >= 11 is 0. The Balaban J connectivity index is 2.55. The zero-order valence-corrected chi connectivity index (χ0v) is 12.9. The summed E-state index contributed by atoms with van der Waals surface area (Å²) < 4.78 is 6.73. The number of urea groups is 1. The van der Waals surface area contributed by atoms with Crippen LogP contribution in [0.15, 0.2) is 12.4 Å². The first-order chi connectivity index (χ1) is 9.59. The van der Waals surface area contributed by atoms with Gasteiger partial charge < -0.3 is 15.4 Å². The fourth-order valence-corrected chi connectivity index (χ4v) is 2.15. The van der Waals surface area contributed by atoms with Gasteiger partial charge in [-0.05, 0) is 19.3 Å². The third-order valence-corrected chi connectivity index (χ3v) is 3.82. The van der Waals surface area contributed by atoms with Crippen LogP contribution in [0.3, 0.4) is 0 Å². The van der Waals surface area contributed by atoms with Crippen LogP contribution in [0.1, 0.15) is 40.0 Å². The lowest BCUT2D eigenvalue weighted by Crippen LogP contribution is -2.48. The van der Waals surface area contributed by atoms with Crippen molar-refractivity contribution in [2.24, 2.45) is 0 Å². The minimum Gasteiger partial charge on any atom is -0.383 e. The van der Waals surface area contributed by atoms with Gasteiger partial charge in [-0.1, -0.05) is 20.8 Å². The maximum atomic E-state index is 12.0. The highest BCUT2D eigenvalue weighted by molar-refractivity contribution is 5.89. The average Bonchev–Trinajstić information content (AvgIpc) is 2.90. The molecule has 0 aliphatic rings. The molecule has 1 aromatic heterocycles.